The van der Waals surface area contributed by atoms with E-state index < -0.39 is 23.6 Å². The quantitative estimate of drug-likeness (QED) is 0.482. The third kappa shape index (κ3) is 3.48. The van der Waals surface area contributed by atoms with Crippen molar-refractivity contribution in [3.63, 3.8) is 0 Å². The normalized spacial score (nSPS) is 13.4. The summed E-state index contributed by atoms with van der Waals surface area (Å²) in [5.41, 5.74) is 0.229. The number of hydrogen-bond acceptors (Lipinski definition) is 7. The Morgan fingerprint density at radius 3 is 2.74 bits per heavy atom. The molecule has 0 bridgehead atoms. The Labute approximate surface area is 178 Å². The van der Waals surface area contributed by atoms with E-state index in [1.165, 1.54) is 28.3 Å². The maximum absolute atomic E-state index is 12.6. The summed E-state index contributed by atoms with van der Waals surface area (Å²) in [5, 5.41) is 2.87. The van der Waals surface area contributed by atoms with Crippen LogP contribution < -0.4 is 16.7 Å². The van der Waals surface area contributed by atoms with Crippen LogP contribution in [0.4, 0.5) is 0 Å². The number of benzene rings is 1. The third-order valence-corrected chi connectivity index (χ3v) is 6.51. The first-order chi connectivity index (χ1) is 15.0. The predicted molar refractivity (Wildman–Crippen MR) is 115 cm³/mol. The van der Waals surface area contributed by atoms with Gasteiger partial charge in [-0.25, -0.2) is 9.67 Å². The van der Waals surface area contributed by atoms with Crippen molar-refractivity contribution in [3.05, 3.63) is 77.7 Å². The van der Waals surface area contributed by atoms with Crippen molar-refractivity contribution >= 4 is 33.0 Å². The number of nitrogens with zero attached hydrogens (tertiary/aromatic N) is 3. The lowest BCUT2D eigenvalue weighted by Gasteiger charge is -2.10. The van der Waals surface area contributed by atoms with Crippen LogP contribution in [0.15, 0.2) is 44.7 Å². The smallest absolute Gasteiger partial charge is 0.328 e. The molecule has 10 heteroatoms. The van der Waals surface area contributed by atoms with E-state index in [0.29, 0.717) is 10.7 Å². The van der Waals surface area contributed by atoms with Crippen LogP contribution >= 0.6 is 11.3 Å². The molecule has 1 aromatic carbocycles. The van der Waals surface area contributed by atoms with Gasteiger partial charge in [0.05, 0.1) is 16.5 Å². The average Bonchev–Trinajstić information content (AvgIpc) is 3.15. The molecule has 0 aliphatic heterocycles. The zero-order valence-corrected chi connectivity index (χ0v) is 17.2. The first kappa shape index (κ1) is 19.4. The van der Waals surface area contributed by atoms with Gasteiger partial charge in [0.25, 0.3) is 16.7 Å². The number of esters is 1. The van der Waals surface area contributed by atoms with Crippen molar-refractivity contribution in [3.8, 4) is 0 Å². The van der Waals surface area contributed by atoms with Crippen LogP contribution in [0.2, 0.25) is 0 Å². The molecule has 3 aromatic heterocycles. The number of nitrogens with one attached hydrogen (secondary N) is 1. The van der Waals surface area contributed by atoms with E-state index in [-0.39, 0.29) is 22.9 Å². The van der Waals surface area contributed by atoms with Crippen molar-refractivity contribution < 1.29 is 9.53 Å². The summed E-state index contributed by atoms with van der Waals surface area (Å²) in [4.78, 5) is 55.8. The number of carbonyl (C=O) groups excluding carboxylic acids is 1. The number of rotatable bonds is 4. The molecule has 31 heavy (non-hydrogen) atoms. The van der Waals surface area contributed by atoms with E-state index in [9.17, 15) is 19.2 Å². The van der Waals surface area contributed by atoms with E-state index in [2.05, 4.69) is 10.1 Å². The number of hydrogen-bond donors (Lipinski definition) is 1. The fourth-order valence-corrected chi connectivity index (χ4v) is 5.14. The van der Waals surface area contributed by atoms with Gasteiger partial charge in [0, 0.05) is 16.6 Å². The molecule has 0 amide bonds. The van der Waals surface area contributed by atoms with E-state index in [1.807, 2.05) is 0 Å². The SMILES string of the molecule is O=C(Cn1[nH]c(=O)c2ccccc2c1=O)OCc1cc(=O)n2c3c(sc2n1)CCCC3. The predicted octanol–water partition coefficient (Wildman–Crippen LogP) is 1.38. The minimum atomic E-state index is -0.722. The van der Waals surface area contributed by atoms with Gasteiger partial charge in [0.2, 0.25) is 0 Å². The fourth-order valence-electron chi connectivity index (χ4n) is 3.90. The molecule has 5 rings (SSSR count). The van der Waals surface area contributed by atoms with E-state index in [1.54, 1.807) is 22.6 Å². The molecule has 0 fully saturated rings. The van der Waals surface area contributed by atoms with Gasteiger partial charge in [-0.3, -0.25) is 28.7 Å². The van der Waals surface area contributed by atoms with Gasteiger partial charge in [0.1, 0.15) is 13.2 Å². The maximum Gasteiger partial charge on any atom is 0.328 e. The Hall–Kier alpha value is -3.53. The van der Waals surface area contributed by atoms with Crippen molar-refractivity contribution in [2.75, 3.05) is 0 Å². The molecule has 1 N–H and O–H groups in total. The highest BCUT2D eigenvalue weighted by atomic mass is 32.1. The second-order valence-electron chi connectivity index (χ2n) is 7.42. The number of aryl methyl sites for hydroxylation is 2. The summed E-state index contributed by atoms with van der Waals surface area (Å²) in [5.74, 6) is -0.722. The largest absolute Gasteiger partial charge is 0.458 e. The minimum absolute atomic E-state index is 0.189. The van der Waals surface area contributed by atoms with Crippen LogP contribution in [-0.2, 0) is 35.5 Å². The standard InChI is InChI=1S/C21H18N4O5S/c26-17-9-12(22-21-25(17)15-7-3-4-8-16(15)31-21)11-30-18(27)10-24-20(29)14-6-2-1-5-13(14)19(28)23-24/h1-2,5-6,9H,3-4,7-8,10-11H2,(H,23,28). The van der Waals surface area contributed by atoms with Crippen LogP contribution in [0.5, 0.6) is 0 Å². The molecule has 0 unspecified atom stereocenters. The van der Waals surface area contributed by atoms with E-state index >= 15 is 0 Å². The molecule has 1 aliphatic rings. The first-order valence-electron chi connectivity index (χ1n) is 9.92. The van der Waals surface area contributed by atoms with Gasteiger partial charge in [-0.1, -0.05) is 12.1 Å². The van der Waals surface area contributed by atoms with E-state index in [4.69, 9.17) is 4.74 Å². The highest BCUT2D eigenvalue weighted by Gasteiger charge is 2.19. The average molecular weight is 438 g/mol. The maximum atomic E-state index is 12.6. The molecule has 0 radical (unpaired) electrons. The van der Waals surface area contributed by atoms with Gasteiger partial charge < -0.3 is 4.74 Å². The van der Waals surface area contributed by atoms with Crippen molar-refractivity contribution in [1.82, 2.24) is 19.2 Å². The van der Waals surface area contributed by atoms with Gasteiger partial charge in [0.15, 0.2) is 4.96 Å². The summed E-state index contributed by atoms with van der Waals surface area (Å²) in [6.45, 7) is -0.646. The summed E-state index contributed by atoms with van der Waals surface area (Å²) < 4.78 is 7.78. The Bertz CT molecular complexity index is 1510. The third-order valence-electron chi connectivity index (χ3n) is 5.37. The molecule has 0 saturated carbocycles. The van der Waals surface area contributed by atoms with Crippen molar-refractivity contribution in [1.29, 1.82) is 0 Å². The lowest BCUT2D eigenvalue weighted by molar-refractivity contribution is -0.146. The molecule has 0 saturated heterocycles. The van der Waals surface area contributed by atoms with Gasteiger partial charge in [-0.15, -0.1) is 11.3 Å². The van der Waals surface area contributed by atoms with E-state index in [0.717, 1.165) is 36.1 Å². The van der Waals surface area contributed by atoms with Crippen molar-refractivity contribution in [2.45, 2.75) is 38.8 Å². The Balaban J connectivity index is 1.35. The number of ether oxygens (including phenoxy) is 1. The summed E-state index contributed by atoms with van der Waals surface area (Å²) in [7, 11) is 0. The number of aromatic amines is 1. The van der Waals surface area contributed by atoms with Gasteiger partial charge in [-0.2, -0.15) is 0 Å². The Morgan fingerprint density at radius 2 is 1.90 bits per heavy atom. The lowest BCUT2D eigenvalue weighted by Crippen LogP contribution is -2.32. The first-order valence-corrected chi connectivity index (χ1v) is 10.7. The highest BCUT2D eigenvalue weighted by molar-refractivity contribution is 7.17. The zero-order valence-electron chi connectivity index (χ0n) is 16.4. The molecular formula is C21H18N4O5S. The number of carbonyl (C=O) groups is 1. The molecule has 3 heterocycles. The van der Waals surface area contributed by atoms with Crippen LogP contribution in [0, 0.1) is 0 Å². The summed E-state index contributed by atoms with van der Waals surface area (Å²) in [6.07, 6.45) is 3.98. The summed E-state index contributed by atoms with van der Waals surface area (Å²) in [6, 6.07) is 7.75. The Kier molecular flexibility index (Phi) is 4.78. The number of fused-ring (bicyclic) bond motifs is 4. The summed E-state index contributed by atoms with van der Waals surface area (Å²) >= 11 is 1.50. The highest BCUT2D eigenvalue weighted by Crippen LogP contribution is 2.28. The number of aromatic nitrogens is 4. The van der Waals surface area contributed by atoms with Crippen LogP contribution in [-0.4, -0.2) is 25.1 Å². The van der Waals surface area contributed by atoms with Gasteiger partial charge >= 0.3 is 5.97 Å². The molecule has 4 aromatic rings. The van der Waals surface area contributed by atoms with Crippen molar-refractivity contribution in [2.24, 2.45) is 0 Å². The topological polar surface area (TPSA) is 116 Å². The second kappa shape index (κ2) is 7.62. The lowest BCUT2D eigenvalue weighted by atomic mass is 10.0. The molecular weight excluding hydrogens is 420 g/mol. The minimum Gasteiger partial charge on any atom is -0.458 e. The molecule has 158 valence electrons. The monoisotopic (exact) mass is 438 g/mol. The molecule has 1 aliphatic carbocycles. The second-order valence-corrected chi connectivity index (χ2v) is 8.48. The van der Waals surface area contributed by atoms with Crippen LogP contribution in [0.1, 0.15) is 29.1 Å². The van der Waals surface area contributed by atoms with Crippen LogP contribution in [0.3, 0.4) is 0 Å². The molecule has 0 atom stereocenters. The van der Waals surface area contributed by atoms with Crippen LogP contribution in [0.25, 0.3) is 15.7 Å². The molecule has 0 spiro atoms. The number of H-pyrrole nitrogens is 1. The molecule has 9 nitrogen and oxygen atoms in total. The zero-order chi connectivity index (χ0) is 21.5. The number of thiazole rings is 1. The fraction of sp³-hybridized carbons (Fsp3) is 0.286. The Morgan fingerprint density at radius 1 is 1.13 bits per heavy atom. The van der Waals surface area contributed by atoms with Gasteiger partial charge in [-0.05, 0) is 37.8 Å².